The smallest absolute Gasteiger partial charge is 0.276 e. The number of hydrogen-bond acceptors (Lipinski definition) is 3. The zero-order chi connectivity index (χ0) is 14.7. The fourth-order valence-corrected chi connectivity index (χ4v) is 2.16. The normalized spacial score (nSPS) is 10.3. The van der Waals surface area contributed by atoms with Crippen molar-refractivity contribution >= 4 is 17.3 Å². The molecule has 0 spiro atoms. The van der Waals surface area contributed by atoms with E-state index in [9.17, 15) is 10.1 Å². The van der Waals surface area contributed by atoms with E-state index in [2.05, 4.69) is 0 Å². The first-order chi connectivity index (χ1) is 9.47. The highest BCUT2D eigenvalue weighted by Gasteiger charge is 2.14. The van der Waals surface area contributed by atoms with E-state index in [4.69, 9.17) is 16.3 Å². The Bertz CT molecular complexity index is 656. The fraction of sp³-hybridized carbons (Fsp3) is 0.200. The minimum Gasteiger partial charge on any atom is -0.488 e. The molecule has 0 aliphatic carbocycles. The molecule has 0 heterocycles. The predicted octanol–water partition coefficient (Wildman–Crippen LogP) is 4.44. The van der Waals surface area contributed by atoms with Crippen LogP contribution in [0.25, 0.3) is 0 Å². The maximum absolute atomic E-state index is 11.0. The van der Waals surface area contributed by atoms with Gasteiger partial charge in [-0.25, -0.2) is 0 Å². The van der Waals surface area contributed by atoms with Crippen LogP contribution in [0.3, 0.4) is 0 Å². The summed E-state index contributed by atoms with van der Waals surface area (Å²) in [4.78, 5) is 10.5. The van der Waals surface area contributed by atoms with Crippen molar-refractivity contribution in [2.45, 2.75) is 20.5 Å². The van der Waals surface area contributed by atoms with Crippen LogP contribution in [-0.4, -0.2) is 4.92 Å². The largest absolute Gasteiger partial charge is 0.488 e. The Hall–Kier alpha value is -2.07. The summed E-state index contributed by atoms with van der Waals surface area (Å²) in [5.74, 6) is 0.713. The van der Waals surface area contributed by atoms with Crippen LogP contribution in [-0.2, 0) is 6.61 Å². The summed E-state index contributed by atoms with van der Waals surface area (Å²) in [6.45, 7) is 4.05. The highest BCUT2D eigenvalue weighted by Crippen LogP contribution is 2.25. The quantitative estimate of drug-likeness (QED) is 0.618. The van der Waals surface area contributed by atoms with E-state index in [0.717, 1.165) is 11.1 Å². The van der Waals surface area contributed by atoms with Crippen LogP contribution in [0.2, 0.25) is 5.02 Å². The molecular formula is C15H14ClNO3. The molecule has 0 radical (unpaired) electrons. The Morgan fingerprint density at radius 3 is 2.60 bits per heavy atom. The number of hydrogen-bond donors (Lipinski definition) is 0. The SMILES string of the molecule is Cc1ccc(OCc2cc(Cl)ccc2[N+](=O)[O-])c(C)c1. The first-order valence-electron chi connectivity index (χ1n) is 6.10. The number of nitro groups is 1. The van der Waals surface area contributed by atoms with Crippen molar-refractivity contribution in [3.8, 4) is 5.75 Å². The average molecular weight is 292 g/mol. The van der Waals surface area contributed by atoms with Crippen molar-refractivity contribution in [2.24, 2.45) is 0 Å². The average Bonchev–Trinajstić information content (AvgIpc) is 2.37. The third-order valence-electron chi connectivity index (χ3n) is 2.95. The van der Waals surface area contributed by atoms with Gasteiger partial charge in [-0.2, -0.15) is 0 Å². The molecule has 20 heavy (non-hydrogen) atoms. The van der Waals surface area contributed by atoms with Crippen LogP contribution >= 0.6 is 11.6 Å². The number of halogens is 1. The summed E-state index contributed by atoms with van der Waals surface area (Å²) in [5, 5.41) is 11.4. The van der Waals surface area contributed by atoms with Crippen molar-refractivity contribution in [3.63, 3.8) is 0 Å². The Morgan fingerprint density at radius 1 is 1.20 bits per heavy atom. The summed E-state index contributed by atoms with van der Waals surface area (Å²) in [5.41, 5.74) is 2.61. The molecule has 4 nitrogen and oxygen atoms in total. The van der Waals surface area contributed by atoms with Crippen LogP contribution in [0.4, 0.5) is 5.69 Å². The first kappa shape index (κ1) is 14.3. The Balaban J connectivity index is 2.22. The number of nitro benzene ring substituents is 1. The monoisotopic (exact) mass is 291 g/mol. The lowest BCUT2D eigenvalue weighted by Gasteiger charge is -2.10. The summed E-state index contributed by atoms with van der Waals surface area (Å²) >= 11 is 5.88. The van der Waals surface area contributed by atoms with E-state index in [-0.39, 0.29) is 12.3 Å². The van der Waals surface area contributed by atoms with Gasteiger partial charge in [0, 0.05) is 11.1 Å². The molecule has 104 valence electrons. The molecule has 0 N–H and O–H groups in total. The molecule has 0 saturated heterocycles. The number of ether oxygens (including phenoxy) is 1. The van der Waals surface area contributed by atoms with Gasteiger partial charge in [0.25, 0.3) is 5.69 Å². The van der Waals surface area contributed by atoms with E-state index in [1.807, 2.05) is 32.0 Å². The molecule has 2 rings (SSSR count). The number of benzene rings is 2. The highest BCUT2D eigenvalue weighted by molar-refractivity contribution is 6.30. The zero-order valence-electron chi connectivity index (χ0n) is 11.2. The van der Waals surface area contributed by atoms with Crippen LogP contribution < -0.4 is 4.74 Å². The maximum atomic E-state index is 11.0. The molecule has 0 saturated carbocycles. The summed E-state index contributed by atoms with van der Waals surface area (Å²) in [6.07, 6.45) is 0. The summed E-state index contributed by atoms with van der Waals surface area (Å²) in [7, 11) is 0. The number of aryl methyl sites for hydroxylation is 2. The molecule has 0 aromatic heterocycles. The first-order valence-corrected chi connectivity index (χ1v) is 6.48. The zero-order valence-corrected chi connectivity index (χ0v) is 12.0. The topological polar surface area (TPSA) is 52.4 Å². The van der Waals surface area contributed by atoms with Crippen molar-refractivity contribution in [1.29, 1.82) is 0 Å². The molecule has 0 aliphatic heterocycles. The van der Waals surface area contributed by atoms with Crippen molar-refractivity contribution in [3.05, 3.63) is 68.2 Å². The fourth-order valence-electron chi connectivity index (χ4n) is 1.96. The third kappa shape index (κ3) is 3.27. The van der Waals surface area contributed by atoms with Gasteiger partial charge in [-0.3, -0.25) is 10.1 Å². The molecule has 0 fully saturated rings. The second-order valence-corrected chi connectivity index (χ2v) is 5.02. The van der Waals surface area contributed by atoms with Crippen molar-refractivity contribution in [1.82, 2.24) is 0 Å². The molecule has 2 aromatic rings. The second-order valence-electron chi connectivity index (χ2n) is 4.59. The molecule has 5 heteroatoms. The maximum Gasteiger partial charge on any atom is 0.276 e. The van der Waals surface area contributed by atoms with Crippen LogP contribution in [0, 0.1) is 24.0 Å². The van der Waals surface area contributed by atoms with Gasteiger partial charge in [-0.1, -0.05) is 29.3 Å². The summed E-state index contributed by atoms with van der Waals surface area (Å²) in [6, 6.07) is 10.3. The van der Waals surface area contributed by atoms with Gasteiger partial charge in [0.2, 0.25) is 0 Å². The van der Waals surface area contributed by atoms with Crippen molar-refractivity contribution in [2.75, 3.05) is 0 Å². The van der Waals surface area contributed by atoms with Gasteiger partial charge in [0.15, 0.2) is 0 Å². The number of nitrogens with zero attached hydrogens (tertiary/aromatic N) is 1. The Kier molecular flexibility index (Phi) is 4.25. The van der Waals surface area contributed by atoms with E-state index < -0.39 is 4.92 Å². The van der Waals surface area contributed by atoms with E-state index in [0.29, 0.717) is 16.3 Å². The Labute approximate surface area is 122 Å². The van der Waals surface area contributed by atoms with Gasteiger partial charge in [0.1, 0.15) is 12.4 Å². The van der Waals surface area contributed by atoms with E-state index in [1.54, 1.807) is 6.07 Å². The lowest BCUT2D eigenvalue weighted by molar-refractivity contribution is -0.385. The van der Waals surface area contributed by atoms with Gasteiger partial charge in [0.05, 0.1) is 10.5 Å². The van der Waals surface area contributed by atoms with Gasteiger partial charge in [-0.15, -0.1) is 0 Å². The van der Waals surface area contributed by atoms with Gasteiger partial charge < -0.3 is 4.74 Å². The minimum atomic E-state index is -0.434. The van der Waals surface area contributed by atoms with Crippen LogP contribution in [0.15, 0.2) is 36.4 Å². The Morgan fingerprint density at radius 2 is 1.95 bits per heavy atom. The van der Waals surface area contributed by atoms with Crippen LogP contribution in [0.1, 0.15) is 16.7 Å². The van der Waals surface area contributed by atoms with Crippen molar-refractivity contribution < 1.29 is 9.66 Å². The molecule has 0 unspecified atom stereocenters. The van der Waals surface area contributed by atoms with E-state index >= 15 is 0 Å². The predicted molar refractivity (Wildman–Crippen MR) is 78.4 cm³/mol. The molecular weight excluding hydrogens is 278 g/mol. The molecule has 0 bridgehead atoms. The lowest BCUT2D eigenvalue weighted by atomic mass is 10.1. The molecule has 0 amide bonds. The van der Waals surface area contributed by atoms with Gasteiger partial charge in [-0.05, 0) is 37.6 Å². The second kappa shape index (κ2) is 5.92. The lowest BCUT2D eigenvalue weighted by Crippen LogP contribution is -2.01. The van der Waals surface area contributed by atoms with Crippen LogP contribution in [0.5, 0.6) is 5.75 Å². The summed E-state index contributed by atoms with van der Waals surface area (Å²) < 4.78 is 5.66. The minimum absolute atomic E-state index is 0.0131. The highest BCUT2D eigenvalue weighted by atomic mass is 35.5. The standard InChI is InChI=1S/C15H14ClNO3/c1-10-3-6-15(11(2)7-10)20-9-12-8-13(16)4-5-14(12)17(18)19/h3-8H,9H2,1-2H3. The molecule has 0 atom stereocenters. The van der Waals surface area contributed by atoms with E-state index in [1.165, 1.54) is 12.1 Å². The van der Waals surface area contributed by atoms with Gasteiger partial charge >= 0.3 is 0 Å². The third-order valence-corrected chi connectivity index (χ3v) is 3.19. The molecule has 0 aliphatic rings. The number of rotatable bonds is 4. The molecule has 2 aromatic carbocycles.